The Hall–Kier alpha value is -1.32. The molecule has 4 nitrogen and oxygen atoms in total. The van der Waals surface area contributed by atoms with Crippen molar-refractivity contribution in [1.82, 2.24) is 9.78 Å². The molecule has 1 saturated carbocycles. The maximum absolute atomic E-state index is 10.9. The van der Waals surface area contributed by atoms with Crippen LogP contribution in [0.25, 0.3) is 0 Å². The second-order valence-corrected chi connectivity index (χ2v) is 4.80. The molecule has 15 heavy (non-hydrogen) atoms. The molecular formula is C11H16N2O2. The summed E-state index contributed by atoms with van der Waals surface area (Å²) in [5.74, 6) is -0.544. The lowest BCUT2D eigenvalue weighted by molar-refractivity contribution is -0.139. The lowest BCUT2D eigenvalue weighted by Crippen LogP contribution is -2.03. The van der Waals surface area contributed by atoms with Gasteiger partial charge in [-0.2, -0.15) is 5.10 Å². The van der Waals surface area contributed by atoms with Gasteiger partial charge >= 0.3 is 5.97 Å². The van der Waals surface area contributed by atoms with Gasteiger partial charge in [-0.05, 0) is 23.8 Å². The average molecular weight is 208 g/mol. The molecule has 1 aromatic heterocycles. The van der Waals surface area contributed by atoms with Crippen LogP contribution in [-0.4, -0.2) is 20.9 Å². The van der Waals surface area contributed by atoms with E-state index >= 15 is 0 Å². The number of carbonyl (C=O) groups is 1. The highest BCUT2D eigenvalue weighted by atomic mass is 16.4. The zero-order chi connectivity index (χ0) is 11.1. The second-order valence-electron chi connectivity index (χ2n) is 4.80. The van der Waals surface area contributed by atoms with Crippen molar-refractivity contribution >= 4 is 5.97 Å². The van der Waals surface area contributed by atoms with E-state index in [1.54, 1.807) is 6.20 Å². The predicted molar refractivity (Wildman–Crippen MR) is 55.2 cm³/mol. The van der Waals surface area contributed by atoms with Gasteiger partial charge < -0.3 is 5.11 Å². The number of rotatable bonds is 4. The van der Waals surface area contributed by atoms with Crippen molar-refractivity contribution in [2.24, 2.45) is 17.3 Å². The second kappa shape index (κ2) is 3.36. The summed E-state index contributed by atoms with van der Waals surface area (Å²) in [6, 6.07) is 1.88. The number of aryl methyl sites for hydroxylation is 1. The van der Waals surface area contributed by atoms with E-state index in [9.17, 15) is 4.79 Å². The highest BCUT2D eigenvalue weighted by Gasteiger charge is 2.61. The first kappa shape index (κ1) is 10.2. The van der Waals surface area contributed by atoms with Gasteiger partial charge in [-0.25, -0.2) is 0 Å². The van der Waals surface area contributed by atoms with Gasteiger partial charge in [0.2, 0.25) is 0 Å². The summed E-state index contributed by atoms with van der Waals surface area (Å²) in [5, 5.41) is 13.1. The topological polar surface area (TPSA) is 55.1 Å². The molecule has 0 spiro atoms. The van der Waals surface area contributed by atoms with E-state index in [0.29, 0.717) is 5.92 Å². The van der Waals surface area contributed by atoms with E-state index in [-0.39, 0.29) is 11.3 Å². The number of aromatic nitrogens is 2. The summed E-state index contributed by atoms with van der Waals surface area (Å²) in [5.41, 5.74) is -0.0427. The molecule has 1 heterocycles. The predicted octanol–water partition coefficient (Wildman–Crippen LogP) is 1.63. The molecule has 1 aliphatic carbocycles. The number of nitrogens with zero attached hydrogens (tertiary/aromatic N) is 2. The fraction of sp³-hybridized carbons (Fsp3) is 0.636. The Labute approximate surface area is 88.9 Å². The van der Waals surface area contributed by atoms with Gasteiger partial charge in [0.25, 0.3) is 0 Å². The van der Waals surface area contributed by atoms with Crippen LogP contribution in [0.5, 0.6) is 0 Å². The molecule has 0 aromatic carbocycles. The molecule has 0 amide bonds. The Morgan fingerprint density at radius 2 is 2.33 bits per heavy atom. The van der Waals surface area contributed by atoms with E-state index in [4.69, 9.17) is 5.11 Å². The van der Waals surface area contributed by atoms with E-state index < -0.39 is 5.97 Å². The Bertz CT molecular complexity index is 357. The van der Waals surface area contributed by atoms with Crippen LogP contribution in [0.1, 0.15) is 20.3 Å². The standard InChI is InChI=1S/C11H16N2O2/c1-11(2)8(9(11)10(14)15)4-7-13-6-3-5-12-13/h3,5-6,8-9H,4,7H2,1-2H3,(H,14,15). The minimum atomic E-state index is -0.662. The Kier molecular flexibility index (Phi) is 2.29. The van der Waals surface area contributed by atoms with Crippen molar-refractivity contribution < 1.29 is 9.90 Å². The number of hydrogen-bond acceptors (Lipinski definition) is 2. The van der Waals surface area contributed by atoms with E-state index in [0.717, 1.165) is 13.0 Å². The van der Waals surface area contributed by atoms with Crippen molar-refractivity contribution in [2.45, 2.75) is 26.8 Å². The molecule has 2 atom stereocenters. The first-order valence-corrected chi connectivity index (χ1v) is 5.23. The Morgan fingerprint density at radius 1 is 1.60 bits per heavy atom. The van der Waals surface area contributed by atoms with Crippen LogP contribution in [0.3, 0.4) is 0 Å². The number of hydrogen-bond donors (Lipinski definition) is 1. The third-order valence-electron chi connectivity index (χ3n) is 3.54. The number of carboxylic acids is 1. The Morgan fingerprint density at radius 3 is 2.80 bits per heavy atom. The molecule has 1 N–H and O–H groups in total. The molecule has 0 radical (unpaired) electrons. The van der Waals surface area contributed by atoms with Crippen LogP contribution in [0, 0.1) is 17.3 Å². The van der Waals surface area contributed by atoms with Crippen LogP contribution in [-0.2, 0) is 11.3 Å². The molecule has 1 aliphatic rings. The van der Waals surface area contributed by atoms with E-state index in [2.05, 4.69) is 5.10 Å². The lowest BCUT2D eigenvalue weighted by atomic mass is 10.1. The molecular weight excluding hydrogens is 192 g/mol. The quantitative estimate of drug-likeness (QED) is 0.818. The largest absolute Gasteiger partial charge is 0.481 e. The smallest absolute Gasteiger partial charge is 0.307 e. The summed E-state index contributed by atoms with van der Waals surface area (Å²) < 4.78 is 1.85. The van der Waals surface area contributed by atoms with E-state index in [1.807, 2.05) is 30.8 Å². The molecule has 2 unspecified atom stereocenters. The third-order valence-corrected chi connectivity index (χ3v) is 3.54. The summed E-state index contributed by atoms with van der Waals surface area (Å²) in [7, 11) is 0. The Balaban J connectivity index is 1.90. The van der Waals surface area contributed by atoms with Crippen LogP contribution >= 0.6 is 0 Å². The van der Waals surface area contributed by atoms with Gasteiger partial charge in [0, 0.05) is 18.9 Å². The normalized spacial score (nSPS) is 27.6. The summed E-state index contributed by atoms with van der Waals surface area (Å²) >= 11 is 0. The monoisotopic (exact) mass is 208 g/mol. The van der Waals surface area contributed by atoms with Crippen LogP contribution in [0.4, 0.5) is 0 Å². The summed E-state index contributed by atoms with van der Waals surface area (Å²) in [6.07, 6.45) is 4.55. The average Bonchev–Trinajstić information content (AvgIpc) is 2.55. The molecule has 0 bridgehead atoms. The zero-order valence-corrected chi connectivity index (χ0v) is 9.05. The first-order valence-electron chi connectivity index (χ1n) is 5.23. The SMILES string of the molecule is CC1(C)C(CCn2cccn2)C1C(=O)O. The van der Waals surface area contributed by atoms with Gasteiger partial charge in [-0.3, -0.25) is 9.48 Å². The fourth-order valence-corrected chi connectivity index (χ4v) is 2.48. The fourth-order valence-electron chi connectivity index (χ4n) is 2.48. The van der Waals surface area contributed by atoms with Crippen molar-refractivity contribution in [1.29, 1.82) is 0 Å². The van der Waals surface area contributed by atoms with Crippen molar-refractivity contribution in [3.8, 4) is 0 Å². The van der Waals surface area contributed by atoms with Gasteiger partial charge in [0.15, 0.2) is 0 Å². The maximum Gasteiger partial charge on any atom is 0.307 e. The minimum absolute atomic E-state index is 0.0427. The molecule has 0 aliphatic heterocycles. The first-order chi connectivity index (χ1) is 7.03. The molecule has 2 rings (SSSR count). The number of carboxylic acid groups (broad SMARTS) is 1. The lowest BCUT2D eigenvalue weighted by Gasteiger charge is -2.02. The van der Waals surface area contributed by atoms with Gasteiger partial charge in [0.1, 0.15) is 0 Å². The highest BCUT2D eigenvalue weighted by Crippen LogP contribution is 2.60. The van der Waals surface area contributed by atoms with Crippen LogP contribution in [0.2, 0.25) is 0 Å². The molecule has 0 saturated heterocycles. The van der Waals surface area contributed by atoms with E-state index in [1.165, 1.54) is 0 Å². The molecule has 82 valence electrons. The van der Waals surface area contributed by atoms with Crippen molar-refractivity contribution in [3.63, 3.8) is 0 Å². The van der Waals surface area contributed by atoms with Gasteiger partial charge in [-0.15, -0.1) is 0 Å². The summed E-state index contributed by atoms with van der Waals surface area (Å²) in [4.78, 5) is 10.9. The maximum atomic E-state index is 10.9. The third kappa shape index (κ3) is 1.76. The van der Waals surface area contributed by atoms with Crippen molar-refractivity contribution in [2.75, 3.05) is 0 Å². The molecule has 1 fully saturated rings. The van der Waals surface area contributed by atoms with Crippen LogP contribution in [0.15, 0.2) is 18.5 Å². The molecule has 1 aromatic rings. The number of aliphatic carboxylic acids is 1. The van der Waals surface area contributed by atoms with Crippen molar-refractivity contribution in [3.05, 3.63) is 18.5 Å². The minimum Gasteiger partial charge on any atom is -0.481 e. The van der Waals surface area contributed by atoms with Gasteiger partial charge in [0.05, 0.1) is 5.92 Å². The van der Waals surface area contributed by atoms with Gasteiger partial charge in [-0.1, -0.05) is 13.8 Å². The summed E-state index contributed by atoms with van der Waals surface area (Å²) in [6.45, 7) is 4.87. The zero-order valence-electron chi connectivity index (χ0n) is 9.05. The van der Waals surface area contributed by atoms with Crippen LogP contribution < -0.4 is 0 Å². The highest BCUT2D eigenvalue weighted by molar-refractivity contribution is 5.75. The molecule has 4 heteroatoms.